The molecule has 2 aromatic carbocycles. The van der Waals surface area contributed by atoms with Crippen molar-refractivity contribution in [1.82, 2.24) is 4.98 Å². The van der Waals surface area contributed by atoms with Crippen LogP contribution in [0.25, 0.3) is 10.2 Å². The van der Waals surface area contributed by atoms with Gasteiger partial charge < -0.3 is 10.2 Å². The number of hydrogen-bond acceptors (Lipinski definition) is 5. The largest absolute Gasteiger partial charge is 0.322 e. The Morgan fingerprint density at radius 2 is 1.96 bits per heavy atom. The molecule has 0 aliphatic rings. The van der Waals surface area contributed by atoms with Gasteiger partial charge in [-0.15, -0.1) is 11.3 Å². The summed E-state index contributed by atoms with van der Waals surface area (Å²) in [4.78, 5) is 18.2. The zero-order valence-electron chi connectivity index (χ0n) is 15.4. The number of sulfone groups is 1. The molecule has 1 unspecified atom stereocenters. The Morgan fingerprint density at radius 3 is 2.67 bits per heavy atom. The fraction of sp³-hybridized carbons (Fsp3) is 0.263. The third kappa shape index (κ3) is 4.71. The summed E-state index contributed by atoms with van der Waals surface area (Å²) in [5, 5.41) is 3.76. The second-order valence-electron chi connectivity index (χ2n) is 6.61. The molecule has 0 bridgehead atoms. The molecule has 6 nitrogen and oxygen atoms in total. The van der Waals surface area contributed by atoms with Crippen molar-refractivity contribution in [1.29, 1.82) is 0 Å². The molecule has 1 aromatic heterocycles. The van der Waals surface area contributed by atoms with Crippen LogP contribution in [0.15, 0.2) is 53.4 Å². The van der Waals surface area contributed by atoms with Crippen molar-refractivity contribution >= 4 is 43.0 Å². The molecule has 8 heteroatoms. The number of aromatic nitrogens is 1. The Kier molecular flexibility index (Phi) is 5.59. The van der Waals surface area contributed by atoms with Gasteiger partial charge in [0.25, 0.3) is 5.91 Å². The normalized spacial score (nSPS) is 14.0. The second kappa shape index (κ2) is 7.75. The molecule has 0 spiro atoms. The highest BCUT2D eigenvalue weighted by molar-refractivity contribution is 7.90. The molecule has 142 valence electrons. The highest BCUT2D eigenvalue weighted by Gasteiger charge is 2.22. The van der Waals surface area contributed by atoms with E-state index < -0.39 is 9.84 Å². The number of anilines is 1. The standard InChI is InChI=1S/C19H21N3O3S2/c1-13(19-21-16-9-4-5-10-17(16)26-19)22(2)12-18(23)20-14-7-6-8-15(11-14)27(3,24)25/h4-11,13H,12H2,1-3H3,(H,20,23)/p+1/t13-/m1/s1. The number of para-hydroxylation sites is 1. The van der Waals surface area contributed by atoms with Crippen molar-refractivity contribution in [2.45, 2.75) is 17.9 Å². The van der Waals surface area contributed by atoms with E-state index >= 15 is 0 Å². The van der Waals surface area contributed by atoms with E-state index in [-0.39, 0.29) is 23.4 Å². The first-order chi connectivity index (χ1) is 12.7. The van der Waals surface area contributed by atoms with Gasteiger partial charge in [-0.2, -0.15) is 0 Å². The highest BCUT2D eigenvalue weighted by atomic mass is 32.2. The zero-order valence-corrected chi connectivity index (χ0v) is 17.0. The lowest BCUT2D eigenvalue weighted by atomic mass is 10.3. The van der Waals surface area contributed by atoms with Crippen LogP contribution in [-0.4, -0.2) is 39.2 Å². The van der Waals surface area contributed by atoms with Crippen molar-refractivity contribution in [2.24, 2.45) is 0 Å². The van der Waals surface area contributed by atoms with Crippen molar-refractivity contribution in [3.05, 3.63) is 53.5 Å². The monoisotopic (exact) mass is 404 g/mol. The third-order valence-corrected chi connectivity index (χ3v) is 6.73. The number of nitrogens with one attached hydrogen (secondary N) is 2. The Labute approximate surface area is 162 Å². The minimum Gasteiger partial charge on any atom is -0.322 e. The summed E-state index contributed by atoms with van der Waals surface area (Å²) in [5.41, 5.74) is 1.45. The average Bonchev–Trinajstić information content (AvgIpc) is 3.04. The molecule has 1 heterocycles. The van der Waals surface area contributed by atoms with Crippen LogP contribution in [0, 0.1) is 0 Å². The Bertz CT molecular complexity index is 1040. The maximum Gasteiger partial charge on any atom is 0.279 e. The van der Waals surface area contributed by atoms with Crippen LogP contribution in [0.3, 0.4) is 0 Å². The van der Waals surface area contributed by atoms with Crippen LogP contribution in [0.5, 0.6) is 0 Å². The molecular formula is C19H22N3O3S2+. The van der Waals surface area contributed by atoms with Gasteiger partial charge in [0.05, 0.1) is 22.2 Å². The summed E-state index contributed by atoms with van der Waals surface area (Å²) >= 11 is 1.64. The number of fused-ring (bicyclic) bond motifs is 1. The second-order valence-corrected chi connectivity index (χ2v) is 9.69. The Balaban J connectivity index is 1.66. The van der Waals surface area contributed by atoms with Crippen LogP contribution in [0.1, 0.15) is 18.0 Å². The number of hydrogen-bond donors (Lipinski definition) is 2. The molecule has 0 aliphatic heterocycles. The van der Waals surface area contributed by atoms with Crippen LogP contribution >= 0.6 is 11.3 Å². The molecule has 0 aliphatic carbocycles. The number of benzene rings is 2. The van der Waals surface area contributed by atoms with E-state index in [1.54, 1.807) is 23.5 Å². The first-order valence-electron chi connectivity index (χ1n) is 8.52. The molecule has 0 saturated carbocycles. The fourth-order valence-electron chi connectivity index (χ4n) is 2.70. The van der Waals surface area contributed by atoms with Gasteiger partial charge in [-0.1, -0.05) is 18.2 Å². The predicted octanol–water partition coefficient (Wildman–Crippen LogP) is 1.91. The highest BCUT2D eigenvalue weighted by Crippen LogP contribution is 2.24. The number of quaternary nitrogens is 1. The Hall–Kier alpha value is -2.29. The quantitative estimate of drug-likeness (QED) is 0.658. The average molecular weight is 405 g/mol. The minimum atomic E-state index is -3.31. The number of likely N-dealkylation sites (N-methyl/N-ethyl adjacent to an activating group) is 1. The van der Waals surface area contributed by atoms with Gasteiger partial charge in [-0.25, -0.2) is 13.4 Å². The van der Waals surface area contributed by atoms with E-state index in [0.717, 1.165) is 26.4 Å². The third-order valence-electron chi connectivity index (χ3n) is 4.41. The SMILES string of the molecule is C[C@H](c1nc2ccccc2s1)[NH+](C)CC(=O)Nc1cccc(S(C)(=O)=O)c1. The molecule has 0 fully saturated rings. The van der Waals surface area contributed by atoms with E-state index in [9.17, 15) is 13.2 Å². The molecule has 2 atom stereocenters. The van der Waals surface area contributed by atoms with Gasteiger partial charge in [-0.3, -0.25) is 4.79 Å². The number of carbonyl (C=O) groups excluding carboxylic acids is 1. The van der Waals surface area contributed by atoms with Crippen molar-refractivity contribution in [3.8, 4) is 0 Å². The van der Waals surface area contributed by atoms with Crippen molar-refractivity contribution in [3.63, 3.8) is 0 Å². The molecule has 3 rings (SSSR count). The van der Waals surface area contributed by atoms with Gasteiger partial charge in [-0.05, 0) is 37.3 Å². The first kappa shape index (κ1) is 19.5. The van der Waals surface area contributed by atoms with E-state index in [2.05, 4.69) is 10.3 Å². The summed E-state index contributed by atoms with van der Waals surface area (Å²) in [6.07, 6.45) is 1.14. The van der Waals surface area contributed by atoms with E-state index in [1.165, 1.54) is 12.1 Å². The molecular weight excluding hydrogens is 382 g/mol. The smallest absolute Gasteiger partial charge is 0.279 e. The van der Waals surface area contributed by atoms with Crippen LogP contribution in [-0.2, 0) is 14.6 Å². The fourth-order valence-corrected chi connectivity index (χ4v) is 4.48. The number of carbonyl (C=O) groups is 1. The van der Waals surface area contributed by atoms with Crippen LogP contribution in [0.4, 0.5) is 5.69 Å². The predicted molar refractivity (Wildman–Crippen MR) is 108 cm³/mol. The Morgan fingerprint density at radius 1 is 1.22 bits per heavy atom. The van der Waals surface area contributed by atoms with E-state index in [4.69, 9.17) is 0 Å². The van der Waals surface area contributed by atoms with Gasteiger partial charge in [0.15, 0.2) is 21.4 Å². The molecule has 3 aromatic rings. The lowest BCUT2D eigenvalue weighted by Crippen LogP contribution is -3.10. The molecule has 1 amide bonds. The number of rotatable bonds is 6. The van der Waals surface area contributed by atoms with Gasteiger partial charge in [0.1, 0.15) is 6.04 Å². The number of amides is 1. The molecule has 0 saturated heterocycles. The number of nitrogens with zero attached hydrogens (tertiary/aromatic N) is 1. The number of thiazole rings is 1. The van der Waals surface area contributed by atoms with Gasteiger partial charge >= 0.3 is 0 Å². The van der Waals surface area contributed by atoms with E-state index in [1.807, 2.05) is 38.2 Å². The van der Waals surface area contributed by atoms with Crippen molar-refractivity contribution < 1.29 is 18.1 Å². The zero-order chi connectivity index (χ0) is 19.6. The first-order valence-corrected chi connectivity index (χ1v) is 11.2. The van der Waals surface area contributed by atoms with E-state index in [0.29, 0.717) is 5.69 Å². The van der Waals surface area contributed by atoms with Gasteiger partial charge in [0, 0.05) is 11.9 Å². The van der Waals surface area contributed by atoms with Crippen LogP contribution in [0.2, 0.25) is 0 Å². The summed E-state index contributed by atoms with van der Waals surface area (Å²) in [6, 6.07) is 14.3. The summed E-state index contributed by atoms with van der Waals surface area (Å²) in [5.74, 6) is -0.175. The maximum atomic E-state index is 12.4. The lowest BCUT2D eigenvalue weighted by Gasteiger charge is -2.19. The maximum absolute atomic E-state index is 12.4. The summed E-state index contributed by atoms with van der Waals surface area (Å²) in [6.45, 7) is 2.30. The summed E-state index contributed by atoms with van der Waals surface area (Å²) < 4.78 is 24.4. The lowest BCUT2D eigenvalue weighted by molar-refractivity contribution is -0.902. The summed E-state index contributed by atoms with van der Waals surface area (Å²) in [7, 11) is -1.36. The molecule has 2 N–H and O–H groups in total. The molecule has 27 heavy (non-hydrogen) atoms. The van der Waals surface area contributed by atoms with Crippen molar-refractivity contribution in [2.75, 3.05) is 25.2 Å². The van der Waals surface area contributed by atoms with Gasteiger partial charge in [0.2, 0.25) is 0 Å². The minimum absolute atomic E-state index is 0.0653. The molecule has 0 radical (unpaired) electrons. The topological polar surface area (TPSA) is 80.6 Å². The van der Waals surface area contributed by atoms with Crippen LogP contribution < -0.4 is 10.2 Å².